The summed E-state index contributed by atoms with van der Waals surface area (Å²) in [6, 6.07) is 9.28. The topological polar surface area (TPSA) is 42.3 Å². The lowest BCUT2D eigenvalue weighted by molar-refractivity contribution is 1.40. The Morgan fingerprint density at radius 3 is 3.00 bits per heavy atom. The third-order valence-corrected chi connectivity index (χ3v) is 2.05. The zero-order valence-corrected chi connectivity index (χ0v) is 7.47. The van der Waals surface area contributed by atoms with Gasteiger partial charge in [-0.1, -0.05) is 18.7 Å². The Hall–Kier alpha value is -2.03. The molecule has 2 aromatic rings. The van der Waals surface area contributed by atoms with E-state index in [2.05, 4.69) is 16.7 Å². The third-order valence-electron chi connectivity index (χ3n) is 2.05. The fourth-order valence-corrected chi connectivity index (χ4v) is 1.31. The molecule has 0 saturated heterocycles. The Labute approximate surface area is 81.1 Å². The maximum Gasteiger partial charge on any atom is 0.108 e. The fraction of sp³-hybridized carbons (Fsp3) is 0. The van der Waals surface area contributed by atoms with Crippen LogP contribution in [-0.4, -0.2) is 4.98 Å². The van der Waals surface area contributed by atoms with Crippen LogP contribution in [0.25, 0.3) is 16.6 Å². The summed E-state index contributed by atoms with van der Waals surface area (Å²) in [4.78, 5) is 14.4. The number of nitrogens with zero attached hydrogens (tertiary/aromatic N) is 2. The Kier molecular flexibility index (Phi) is 2.07. The molecule has 0 bridgehead atoms. The second-order valence-corrected chi connectivity index (χ2v) is 2.95. The van der Waals surface area contributed by atoms with Crippen LogP contribution in [-0.2, 0) is 0 Å². The summed E-state index contributed by atoms with van der Waals surface area (Å²) in [5.41, 5.74) is 1.88. The van der Waals surface area contributed by atoms with E-state index >= 15 is 0 Å². The molecule has 0 unspecified atom stereocenters. The molecular formula is C11H8N2O. The predicted octanol–water partition coefficient (Wildman–Crippen LogP) is 2.97. The van der Waals surface area contributed by atoms with Crippen LogP contribution in [0.4, 0.5) is 0 Å². The van der Waals surface area contributed by atoms with Crippen molar-refractivity contribution >= 4 is 16.6 Å². The molecule has 0 saturated carbocycles. The highest BCUT2D eigenvalue weighted by Crippen LogP contribution is 2.18. The summed E-state index contributed by atoms with van der Waals surface area (Å²) in [7, 11) is 0. The first-order chi connectivity index (χ1) is 6.81. The number of benzene rings is 1. The van der Waals surface area contributed by atoms with Crippen LogP contribution in [0.2, 0.25) is 0 Å². The van der Waals surface area contributed by atoms with Gasteiger partial charge < -0.3 is 0 Å². The molecule has 1 aromatic heterocycles. The molecule has 0 atom stereocenters. The summed E-state index contributed by atoms with van der Waals surface area (Å²) in [5.74, 6) is 0. The van der Waals surface area contributed by atoms with Gasteiger partial charge in [-0.05, 0) is 23.4 Å². The average Bonchev–Trinajstić information content (AvgIpc) is 2.27. The minimum Gasteiger partial charge on any atom is -0.256 e. The van der Waals surface area contributed by atoms with Gasteiger partial charge in [0.25, 0.3) is 0 Å². The Bertz CT molecular complexity index is 505. The van der Waals surface area contributed by atoms with Gasteiger partial charge in [-0.15, -0.1) is 4.91 Å². The molecule has 0 spiro atoms. The maximum absolute atomic E-state index is 10.3. The minimum atomic E-state index is 0.246. The number of pyridine rings is 1. The summed E-state index contributed by atoms with van der Waals surface area (Å²) in [5, 5.41) is 3.78. The molecule has 0 N–H and O–H groups in total. The largest absolute Gasteiger partial charge is 0.256 e. The SMILES string of the molecule is C=C(N=O)c1ccc2ncccc2c1. The van der Waals surface area contributed by atoms with E-state index in [1.165, 1.54) is 0 Å². The molecule has 68 valence electrons. The van der Waals surface area contributed by atoms with Crippen molar-refractivity contribution in [2.45, 2.75) is 0 Å². The summed E-state index contributed by atoms with van der Waals surface area (Å²) < 4.78 is 0. The molecule has 2 rings (SSSR count). The van der Waals surface area contributed by atoms with Gasteiger partial charge in [-0.2, -0.15) is 0 Å². The maximum atomic E-state index is 10.3. The molecule has 0 radical (unpaired) electrons. The Morgan fingerprint density at radius 1 is 1.36 bits per heavy atom. The highest BCUT2D eigenvalue weighted by molar-refractivity contribution is 5.82. The van der Waals surface area contributed by atoms with Crippen molar-refractivity contribution in [3.05, 3.63) is 53.6 Å². The zero-order valence-electron chi connectivity index (χ0n) is 7.47. The van der Waals surface area contributed by atoms with Crippen molar-refractivity contribution in [3.8, 4) is 0 Å². The second kappa shape index (κ2) is 3.38. The van der Waals surface area contributed by atoms with E-state index in [1.54, 1.807) is 12.3 Å². The van der Waals surface area contributed by atoms with Crippen molar-refractivity contribution in [2.24, 2.45) is 5.18 Å². The minimum absolute atomic E-state index is 0.246. The van der Waals surface area contributed by atoms with Gasteiger partial charge in [0.05, 0.1) is 5.52 Å². The normalized spacial score (nSPS) is 10.0. The van der Waals surface area contributed by atoms with Crippen LogP contribution >= 0.6 is 0 Å². The van der Waals surface area contributed by atoms with E-state index in [4.69, 9.17) is 0 Å². The Balaban J connectivity index is 2.62. The molecule has 3 heteroatoms. The van der Waals surface area contributed by atoms with E-state index in [0.717, 1.165) is 16.5 Å². The van der Waals surface area contributed by atoms with Gasteiger partial charge in [0.1, 0.15) is 5.70 Å². The summed E-state index contributed by atoms with van der Waals surface area (Å²) in [6.07, 6.45) is 1.73. The molecular weight excluding hydrogens is 176 g/mol. The molecule has 1 heterocycles. The first-order valence-corrected chi connectivity index (χ1v) is 4.18. The Morgan fingerprint density at radius 2 is 2.21 bits per heavy atom. The van der Waals surface area contributed by atoms with Gasteiger partial charge in [0.2, 0.25) is 0 Å². The van der Waals surface area contributed by atoms with E-state index in [-0.39, 0.29) is 5.70 Å². The lowest BCUT2D eigenvalue weighted by Crippen LogP contribution is -1.81. The highest BCUT2D eigenvalue weighted by atomic mass is 16.3. The summed E-state index contributed by atoms with van der Waals surface area (Å²) in [6.45, 7) is 3.55. The third kappa shape index (κ3) is 1.40. The standard InChI is InChI=1S/C11H8N2O/c1-8(13-14)9-4-5-11-10(7-9)3-2-6-12-11/h2-7H,1H2. The molecule has 0 aliphatic carbocycles. The molecule has 0 aliphatic heterocycles. The van der Waals surface area contributed by atoms with Crippen molar-refractivity contribution in [1.82, 2.24) is 4.98 Å². The van der Waals surface area contributed by atoms with Crippen LogP contribution in [0.15, 0.2) is 48.3 Å². The van der Waals surface area contributed by atoms with Crippen LogP contribution in [0.5, 0.6) is 0 Å². The average molecular weight is 184 g/mol. The first-order valence-electron chi connectivity index (χ1n) is 4.18. The highest BCUT2D eigenvalue weighted by Gasteiger charge is 2.00. The monoisotopic (exact) mass is 184 g/mol. The van der Waals surface area contributed by atoms with Gasteiger partial charge in [-0.3, -0.25) is 4.98 Å². The second-order valence-electron chi connectivity index (χ2n) is 2.95. The van der Waals surface area contributed by atoms with Crippen molar-refractivity contribution < 1.29 is 0 Å². The van der Waals surface area contributed by atoms with Gasteiger partial charge in [0, 0.05) is 17.1 Å². The van der Waals surface area contributed by atoms with E-state index in [0.29, 0.717) is 0 Å². The van der Waals surface area contributed by atoms with Crippen molar-refractivity contribution in [2.75, 3.05) is 0 Å². The number of hydrogen-bond donors (Lipinski definition) is 0. The van der Waals surface area contributed by atoms with Crippen molar-refractivity contribution in [1.29, 1.82) is 0 Å². The zero-order chi connectivity index (χ0) is 9.97. The molecule has 0 amide bonds. The van der Waals surface area contributed by atoms with Crippen molar-refractivity contribution in [3.63, 3.8) is 0 Å². The van der Waals surface area contributed by atoms with Crippen LogP contribution in [0.3, 0.4) is 0 Å². The predicted molar refractivity (Wildman–Crippen MR) is 56.6 cm³/mol. The van der Waals surface area contributed by atoms with Gasteiger partial charge in [0.15, 0.2) is 0 Å². The number of nitroso groups, excluding NO2 is 1. The fourth-order valence-electron chi connectivity index (χ4n) is 1.31. The summed E-state index contributed by atoms with van der Waals surface area (Å²) >= 11 is 0. The van der Waals surface area contributed by atoms with E-state index in [9.17, 15) is 4.91 Å². The van der Waals surface area contributed by atoms with Gasteiger partial charge >= 0.3 is 0 Å². The molecule has 0 aliphatic rings. The van der Waals surface area contributed by atoms with Gasteiger partial charge in [-0.25, -0.2) is 0 Å². The van der Waals surface area contributed by atoms with Crippen LogP contribution < -0.4 is 0 Å². The number of aromatic nitrogens is 1. The number of hydrogen-bond acceptors (Lipinski definition) is 3. The van der Waals surface area contributed by atoms with E-state index in [1.807, 2.05) is 24.3 Å². The smallest absolute Gasteiger partial charge is 0.108 e. The first kappa shape index (κ1) is 8.56. The number of rotatable bonds is 2. The molecule has 0 fully saturated rings. The molecule has 14 heavy (non-hydrogen) atoms. The number of fused-ring (bicyclic) bond motifs is 1. The quantitative estimate of drug-likeness (QED) is 0.673. The molecule has 3 nitrogen and oxygen atoms in total. The lowest BCUT2D eigenvalue weighted by Gasteiger charge is -1.99. The van der Waals surface area contributed by atoms with Crippen LogP contribution in [0.1, 0.15) is 5.56 Å². The van der Waals surface area contributed by atoms with Crippen LogP contribution in [0, 0.1) is 4.91 Å². The lowest BCUT2D eigenvalue weighted by atomic mass is 10.1. The molecule has 1 aromatic carbocycles. The van der Waals surface area contributed by atoms with E-state index < -0.39 is 0 Å².